The molecule has 0 aromatic heterocycles. The van der Waals surface area contributed by atoms with Crippen LogP contribution >= 0.6 is 31.9 Å². The van der Waals surface area contributed by atoms with Crippen molar-refractivity contribution in [2.75, 3.05) is 5.32 Å². The molecule has 0 saturated heterocycles. The summed E-state index contributed by atoms with van der Waals surface area (Å²) in [4.78, 5) is 0. The molecule has 1 fully saturated rings. The fourth-order valence-corrected chi connectivity index (χ4v) is 4.83. The van der Waals surface area contributed by atoms with E-state index >= 15 is 0 Å². The highest BCUT2D eigenvalue weighted by Crippen LogP contribution is 2.35. The van der Waals surface area contributed by atoms with Crippen LogP contribution in [0.4, 0.5) is 5.69 Å². The Kier molecular flexibility index (Phi) is 5.97. The van der Waals surface area contributed by atoms with E-state index in [2.05, 4.69) is 70.1 Å². The highest BCUT2D eigenvalue weighted by atomic mass is 79.9. The fourth-order valence-electron chi connectivity index (χ4n) is 3.18. The van der Waals surface area contributed by atoms with E-state index in [1.54, 1.807) is 0 Å². The van der Waals surface area contributed by atoms with Gasteiger partial charge in [0.15, 0.2) is 0 Å². The molecule has 1 aromatic rings. The first-order valence-electron chi connectivity index (χ1n) is 7.69. The number of halogens is 2. The third-order valence-corrected chi connectivity index (χ3v) is 5.74. The van der Waals surface area contributed by atoms with E-state index in [1.165, 1.54) is 43.4 Å². The second kappa shape index (κ2) is 7.31. The summed E-state index contributed by atoms with van der Waals surface area (Å²) in [6.45, 7) is 6.86. The summed E-state index contributed by atoms with van der Waals surface area (Å²) >= 11 is 7.37. The van der Waals surface area contributed by atoms with Gasteiger partial charge in [-0.25, -0.2) is 0 Å². The topological polar surface area (TPSA) is 12.0 Å². The predicted molar refractivity (Wildman–Crippen MR) is 95.4 cm³/mol. The molecule has 3 heteroatoms. The maximum Gasteiger partial charge on any atom is 0.0631 e. The van der Waals surface area contributed by atoms with E-state index in [-0.39, 0.29) is 0 Å². The van der Waals surface area contributed by atoms with Crippen molar-refractivity contribution >= 4 is 37.5 Å². The van der Waals surface area contributed by atoms with Crippen LogP contribution in [0.2, 0.25) is 0 Å². The summed E-state index contributed by atoms with van der Waals surface area (Å²) in [6.07, 6.45) is 6.68. The second-order valence-corrected chi connectivity index (χ2v) is 8.17. The SMILES string of the molecule is Cc1cc(Br)c(NC2CCCC(C(C)C)CC2)c(Br)c1. The van der Waals surface area contributed by atoms with E-state index in [0.717, 1.165) is 20.8 Å². The molecule has 2 unspecified atom stereocenters. The van der Waals surface area contributed by atoms with Crippen LogP contribution in [0.5, 0.6) is 0 Å². The molecule has 0 spiro atoms. The van der Waals surface area contributed by atoms with Crippen molar-refractivity contribution in [1.82, 2.24) is 0 Å². The first-order valence-corrected chi connectivity index (χ1v) is 9.28. The summed E-state index contributed by atoms with van der Waals surface area (Å²) < 4.78 is 2.32. The highest BCUT2D eigenvalue weighted by molar-refractivity contribution is 9.11. The van der Waals surface area contributed by atoms with E-state index < -0.39 is 0 Å². The van der Waals surface area contributed by atoms with Crippen molar-refractivity contribution in [3.63, 3.8) is 0 Å². The quantitative estimate of drug-likeness (QED) is 0.566. The average molecular weight is 403 g/mol. The Labute approximate surface area is 140 Å². The van der Waals surface area contributed by atoms with Gasteiger partial charge in [0, 0.05) is 15.0 Å². The number of benzene rings is 1. The monoisotopic (exact) mass is 401 g/mol. The Morgan fingerprint density at radius 2 is 1.70 bits per heavy atom. The Bertz CT molecular complexity index is 433. The number of anilines is 1. The molecule has 1 saturated carbocycles. The second-order valence-electron chi connectivity index (χ2n) is 6.46. The number of hydrogen-bond acceptors (Lipinski definition) is 1. The highest BCUT2D eigenvalue weighted by Gasteiger charge is 2.21. The van der Waals surface area contributed by atoms with Crippen LogP contribution in [0.1, 0.15) is 51.5 Å². The van der Waals surface area contributed by atoms with Gasteiger partial charge in [-0.2, -0.15) is 0 Å². The van der Waals surface area contributed by atoms with Gasteiger partial charge in [0.1, 0.15) is 0 Å². The van der Waals surface area contributed by atoms with Crippen molar-refractivity contribution in [2.45, 2.75) is 58.9 Å². The van der Waals surface area contributed by atoms with Gasteiger partial charge in [0.05, 0.1) is 5.69 Å². The van der Waals surface area contributed by atoms with Crippen molar-refractivity contribution in [3.05, 3.63) is 26.6 Å². The number of nitrogens with one attached hydrogen (secondary N) is 1. The molecule has 1 aliphatic carbocycles. The smallest absolute Gasteiger partial charge is 0.0631 e. The maximum absolute atomic E-state index is 3.75. The maximum atomic E-state index is 3.75. The van der Waals surface area contributed by atoms with Crippen molar-refractivity contribution in [3.8, 4) is 0 Å². The molecule has 0 bridgehead atoms. The Hall–Kier alpha value is -0.0200. The number of rotatable bonds is 3. The zero-order valence-electron chi connectivity index (χ0n) is 12.7. The van der Waals surface area contributed by atoms with Crippen molar-refractivity contribution in [2.24, 2.45) is 11.8 Å². The van der Waals surface area contributed by atoms with Crippen LogP contribution in [0.3, 0.4) is 0 Å². The standard InChI is InChI=1S/C17H25Br2N/c1-11(2)13-5-4-6-14(8-7-13)20-17-15(18)9-12(3)10-16(17)19/h9-11,13-14,20H,4-8H2,1-3H3. The zero-order valence-corrected chi connectivity index (χ0v) is 15.9. The molecule has 1 nitrogen and oxygen atoms in total. The van der Waals surface area contributed by atoms with Crippen LogP contribution in [0.15, 0.2) is 21.1 Å². The molecule has 1 aromatic carbocycles. The minimum Gasteiger partial charge on any atom is -0.380 e. The Morgan fingerprint density at radius 3 is 2.30 bits per heavy atom. The summed E-state index contributed by atoms with van der Waals surface area (Å²) in [5, 5.41) is 3.75. The van der Waals surface area contributed by atoms with E-state index in [9.17, 15) is 0 Å². The van der Waals surface area contributed by atoms with Crippen LogP contribution in [0, 0.1) is 18.8 Å². The molecule has 20 heavy (non-hydrogen) atoms. The van der Waals surface area contributed by atoms with Crippen LogP contribution in [0.25, 0.3) is 0 Å². The van der Waals surface area contributed by atoms with Crippen molar-refractivity contribution in [1.29, 1.82) is 0 Å². The van der Waals surface area contributed by atoms with Gasteiger partial charge in [-0.1, -0.05) is 26.7 Å². The molecule has 0 heterocycles. The minimum atomic E-state index is 0.606. The molecule has 1 aliphatic rings. The third-order valence-electron chi connectivity index (χ3n) is 4.49. The molecule has 2 rings (SSSR count). The van der Waals surface area contributed by atoms with Crippen LogP contribution < -0.4 is 5.32 Å². The summed E-state index contributed by atoms with van der Waals surface area (Å²) in [5.41, 5.74) is 2.48. The van der Waals surface area contributed by atoms with E-state index in [4.69, 9.17) is 0 Å². The van der Waals surface area contributed by atoms with Crippen LogP contribution in [-0.2, 0) is 0 Å². The lowest BCUT2D eigenvalue weighted by molar-refractivity contribution is 0.341. The van der Waals surface area contributed by atoms with Gasteiger partial charge in [-0.3, -0.25) is 0 Å². The Morgan fingerprint density at radius 1 is 1.05 bits per heavy atom. The van der Waals surface area contributed by atoms with E-state index in [1.807, 2.05) is 0 Å². The van der Waals surface area contributed by atoms with Crippen molar-refractivity contribution < 1.29 is 0 Å². The molecule has 0 amide bonds. The average Bonchev–Trinajstić information content (AvgIpc) is 2.59. The molecule has 0 radical (unpaired) electrons. The van der Waals surface area contributed by atoms with Gasteiger partial charge in [0.25, 0.3) is 0 Å². The van der Waals surface area contributed by atoms with Gasteiger partial charge in [-0.05, 0) is 87.6 Å². The predicted octanol–water partition coefficient (Wildman–Crippen LogP) is 6.54. The number of aryl methyl sites for hydroxylation is 1. The van der Waals surface area contributed by atoms with E-state index in [0.29, 0.717) is 6.04 Å². The molecule has 1 N–H and O–H groups in total. The summed E-state index contributed by atoms with van der Waals surface area (Å²) in [5.74, 6) is 1.73. The molecule has 112 valence electrons. The molecular weight excluding hydrogens is 378 g/mol. The zero-order chi connectivity index (χ0) is 14.7. The Balaban J connectivity index is 2.04. The fraction of sp³-hybridized carbons (Fsp3) is 0.647. The molecule has 2 atom stereocenters. The van der Waals surface area contributed by atoms with Gasteiger partial charge in [0.2, 0.25) is 0 Å². The normalized spacial score (nSPS) is 23.7. The summed E-state index contributed by atoms with van der Waals surface area (Å²) in [6, 6.07) is 4.97. The van der Waals surface area contributed by atoms with Gasteiger partial charge in [-0.15, -0.1) is 0 Å². The third kappa shape index (κ3) is 4.24. The summed E-state index contributed by atoms with van der Waals surface area (Å²) in [7, 11) is 0. The lowest BCUT2D eigenvalue weighted by atomic mass is 9.89. The first kappa shape index (κ1) is 16.4. The number of hydrogen-bond donors (Lipinski definition) is 1. The lowest BCUT2D eigenvalue weighted by Crippen LogP contribution is -2.19. The molecule has 0 aliphatic heterocycles. The molecular formula is C17H25Br2N. The largest absolute Gasteiger partial charge is 0.380 e. The minimum absolute atomic E-state index is 0.606. The van der Waals surface area contributed by atoms with Gasteiger partial charge < -0.3 is 5.32 Å². The van der Waals surface area contributed by atoms with Crippen LogP contribution in [-0.4, -0.2) is 6.04 Å². The van der Waals surface area contributed by atoms with Gasteiger partial charge >= 0.3 is 0 Å². The lowest BCUT2D eigenvalue weighted by Gasteiger charge is -2.21. The first-order chi connectivity index (χ1) is 9.47.